The van der Waals surface area contributed by atoms with E-state index in [1.54, 1.807) is 14.2 Å². The Morgan fingerprint density at radius 3 is 2.44 bits per heavy atom. The molecule has 0 radical (unpaired) electrons. The minimum absolute atomic E-state index is 0.217. The second-order valence-corrected chi connectivity index (χ2v) is 6.30. The number of ether oxygens (including phenoxy) is 3. The topological polar surface area (TPSA) is 44.8 Å². The average molecular weight is 340 g/mol. The van der Waals surface area contributed by atoms with Gasteiger partial charge in [0.15, 0.2) is 11.5 Å². The molecule has 0 aliphatic heterocycles. The number of aryl methyl sites for hydroxylation is 3. The fourth-order valence-electron chi connectivity index (χ4n) is 3.24. The van der Waals surface area contributed by atoms with Crippen LogP contribution in [0.4, 0.5) is 0 Å². The first-order chi connectivity index (χ1) is 12.2. The largest absolute Gasteiger partial charge is 0.493 e. The molecule has 0 N–H and O–H groups in total. The van der Waals surface area contributed by atoms with E-state index in [1.165, 1.54) is 24.0 Å². The first-order valence-electron chi connectivity index (χ1n) is 8.73. The van der Waals surface area contributed by atoms with Crippen molar-refractivity contribution in [3.8, 4) is 17.2 Å². The summed E-state index contributed by atoms with van der Waals surface area (Å²) in [7, 11) is 3.21. The predicted octanol–water partition coefficient (Wildman–Crippen LogP) is 4.12. The predicted molar refractivity (Wildman–Crippen MR) is 96.6 cm³/mol. The zero-order chi connectivity index (χ0) is 17.6. The molecule has 3 rings (SSSR count). The van der Waals surface area contributed by atoms with Crippen LogP contribution in [0.15, 0.2) is 36.4 Å². The van der Waals surface area contributed by atoms with Gasteiger partial charge in [-0.25, -0.2) is 0 Å². The minimum Gasteiger partial charge on any atom is -0.493 e. The van der Waals surface area contributed by atoms with Gasteiger partial charge in [0, 0.05) is 6.42 Å². The highest BCUT2D eigenvalue weighted by molar-refractivity contribution is 5.72. The molecule has 0 atom stereocenters. The van der Waals surface area contributed by atoms with Crippen LogP contribution >= 0.6 is 0 Å². The van der Waals surface area contributed by atoms with Crippen molar-refractivity contribution in [1.82, 2.24) is 0 Å². The van der Waals surface area contributed by atoms with E-state index in [2.05, 4.69) is 6.07 Å². The molecule has 0 heterocycles. The molecule has 0 bridgehead atoms. The fourth-order valence-corrected chi connectivity index (χ4v) is 3.24. The van der Waals surface area contributed by atoms with Gasteiger partial charge in [0.2, 0.25) is 0 Å². The van der Waals surface area contributed by atoms with Crippen LogP contribution in [0.25, 0.3) is 0 Å². The molecule has 1 aliphatic carbocycles. The molecule has 25 heavy (non-hydrogen) atoms. The fraction of sp³-hybridized carbons (Fsp3) is 0.381. The van der Waals surface area contributed by atoms with Crippen LogP contribution in [-0.2, 0) is 24.1 Å². The Morgan fingerprint density at radius 2 is 1.68 bits per heavy atom. The number of esters is 1. The number of carbonyl (C=O) groups is 1. The Kier molecular flexibility index (Phi) is 5.59. The lowest BCUT2D eigenvalue weighted by atomic mass is 9.92. The monoisotopic (exact) mass is 340 g/mol. The maximum Gasteiger partial charge on any atom is 0.311 e. The second-order valence-electron chi connectivity index (χ2n) is 6.30. The van der Waals surface area contributed by atoms with Gasteiger partial charge >= 0.3 is 5.97 Å². The summed E-state index contributed by atoms with van der Waals surface area (Å²) < 4.78 is 16.0. The van der Waals surface area contributed by atoms with E-state index < -0.39 is 0 Å². The molecule has 0 amide bonds. The Bertz CT molecular complexity index is 752. The highest BCUT2D eigenvalue weighted by Crippen LogP contribution is 2.28. The molecule has 0 unspecified atom stereocenters. The van der Waals surface area contributed by atoms with E-state index in [4.69, 9.17) is 14.2 Å². The third-order valence-electron chi connectivity index (χ3n) is 4.62. The normalized spacial score (nSPS) is 13.0. The highest BCUT2D eigenvalue weighted by atomic mass is 16.5. The SMILES string of the molecule is COc1ccc(CCC(=O)Oc2ccc3c(c2)CCCC3)cc1OC. The van der Waals surface area contributed by atoms with Crippen molar-refractivity contribution in [3.05, 3.63) is 53.1 Å². The average Bonchev–Trinajstić information content (AvgIpc) is 2.66. The number of benzene rings is 2. The summed E-state index contributed by atoms with van der Waals surface area (Å²) in [4.78, 5) is 12.2. The molecule has 0 fully saturated rings. The number of hydrogen-bond acceptors (Lipinski definition) is 4. The van der Waals surface area contributed by atoms with Gasteiger partial charge in [-0.1, -0.05) is 12.1 Å². The van der Waals surface area contributed by atoms with Gasteiger partial charge in [0.05, 0.1) is 14.2 Å². The lowest BCUT2D eigenvalue weighted by Gasteiger charge is -2.16. The molecule has 2 aromatic rings. The van der Waals surface area contributed by atoms with Gasteiger partial charge in [0.1, 0.15) is 5.75 Å². The Labute approximate surface area is 148 Å². The number of rotatable bonds is 6. The Hall–Kier alpha value is -2.49. The summed E-state index contributed by atoms with van der Waals surface area (Å²) in [5.74, 6) is 1.79. The van der Waals surface area contributed by atoms with Gasteiger partial charge < -0.3 is 14.2 Å². The molecule has 0 spiro atoms. The number of fused-ring (bicyclic) bond motifs is 1. The summed E-state index contributed by atoms with van der Waals surface area (Å²) in [5, 5.41) is 0. The first kappa shape index (κ1) is 17.3. The van der Waals surface area contributed by atoms with E-state index in [0.29, 0.717) is 30.1 Å². The molecule has 0 saturated carbocycles. The van der Waals surface area contributed by atoms with E-state index in [1.807, 2.05) is 30.3 Å². The van der Waals surface area contributed by atoms with Gasteiger partial charge in [0.25, 0.3) is 0 Å². The van der Waals surface area contributed by atoms with Crippen molar-refractivity contribution in [1.29, 1.82) is 0 Å². The maximum absolute atomic E-state index is 12.2. The molecule has 4 nitrogen and oxygen atoms in total. The van der Waals surface area contributed by atoms with Crippen molar-refractivity contribution in [2.75, 3.05) is 14.2 Å². The smallest absolute Gasteiger partial charge is 0.311 e. The van der Waals surface area contributed by atoms with Crippen LogP contribution in [0.1, 0.15) is 36.0 Å². The number of carbonyl (C=O) groups excluding carboxylic acids is 1. The summed E-state index contributed by atoms with van der Waals surface area (Å²) in [6, 6.07) is 11.7. The molecule has 0 saturated heterocycles. The lowest BCUT2D eigenvalue weighted by molar-refractivity contribution is -0.134. The molecule has 1 aliphatic rings. The van der Waals surface area contributed by atoms with Crippen molar-refractivity contribution < 1.29 is 19.0 Å². The quantitative estimate of drug-likeness (QED) is 0.586. The van der Waals surface area contributed by atoms with Crippen molar-refractivity contribution in [2.45, 2.75) is 38.5 Å². The van der Waals surface area contributed by atoms with Crippen LogP contribution in [0.2, 0.25) is 0 Å². The Morgan fingerprint density at radius 1 is 0.920 bits per heavy atom. The van der Waals surface area contributed by atoms with Crippen LogP contribution in [-0.4, -0.2) is 20.2 Å². The summed E-state index contributed by atoms with van der Waals surface area (Å²) in [5.41, 5.74) is 3.72. The van der Waals surface area contributed by atoms with Crippen LogP contribution < -0.4 is 14.2 Å². The molecular formula is C21H24O4. The second kappa shape index (κ2) is 8.06. The number of hydrogen-bond donors (Lipinski definition) is 0. The lowest BCUT2D eigenvalue weighted by Crippen LogP contribution is -2.10. The zero-order valence-electron chi connectivity index (χ0n) is 14.8. The van der Waals surface area contributed by atoms with E-state index in [-0.39, 0.29) is 5.97 Å². The molecule has 0 aromatic heterocycles. The van der Waals surface area contributed by atoms with Gasteiger partial charge in [-0.2, -0.15) is 0 Å². The standard InChI is InChI=1S/C21H24O4/c1-23-19-11-7-15(13-20(19)24-2)8-12-21(22)25-18-10-9-16-5-3-4-6-17(16)14-18/h7,9-11,13-14H,3-6,8,12H2,1-2H3. The van der Waals surface area contributed by atoms with Crippen LogP contribution in [0.3, 0.4) is 0 Å². The first-order valence-corrected chi connectivity index (χ1v) is 8.73. The van der Waals surface area contributed by atoms with Gasteiger partial charge in [-0.3, -0.25) is 4.79 Å². The summed E-state index contributed by atoms with van der Waals surface area (Å²) in [6.07, 6.45) is 5.59. The zero-order valence-corrected chi connectivity index (χ0v) is 14.8. The van der Waals surface area contributed by atoms with Crippen molar-refractivity contribution in [2.24, 2.45) is 0 Å². The van der Waals surface area contributed by atoms with Gasteiger partial charge in [-0.05, 0) is 73.1 Å². The van der Waals surface area contributed by atoms with Crippen LogP contribution in [0, 0.1) is 0 Å². The third-order valence-corrected chi connectivity index (χ3v) is 4.62. The van der Waals surface area contributed by atoms with E-state index in [0.717, 1.165) is 18.4 Å². The summed E-state index contributed by atoms with van der Waals surface area (Å²) >= 11 is 0. The molecule has 132 valence electrons. The van der Waals surface area contributed by atoms with Crippen molar-refractivity contribution in [3.63, 3.8) is 0 Å². The third kappa shape index (κ3) is 4.32. The molecular weight excluding hydrogens is 316 g/mol. The Balaban J connectivity index is 1.58. The van der Waals surface area contributed by atoms with E-state index in [9.17, 15) is 4.79 Å². The maximum atomic E-state index is 12.2. The highest BCUT2D eigenvalue weighted by Gasteiger charge is 2.12. The summed E-state index contributed by atoms with van der Waals surface area (Å²) in [6.45, 7) is 0. The minimum atomic E-state index is -0.217. The van der Waals surface area contributed by atoms with Crippen molar-refractivity contribution >= 4 is 5.97 Å². The molecule has 4 heteroatoms. The van der Waals surface area contributed by atoms with Crippen LogP contribution in [0.5, 0.6) is 17.2 Å². The molecule has 2 aromatic carbocycles. The van der Waals surface area contributed by atoms with E-state index >= 15 is 0 Å². The van der Waals surface area contributed by atoms with Gasteiger partial charge in [-0.15, -0.1) is 0 Å². The number of methoxy groups -OCH3 is 2.